The molecule has 4 rings (SSSR count). The van der Waals surface area contributed by atoms with Crippen LogP contribution in [0.5, 0.6) is 0 Å². The smallest absolute Gasteiger partial charge is 0.261 e. The van der Waals surface area contributed by atoms with E-state index in [4.69, 9.17) is 17.3 Å². The normalized spacial score (nSPS) is 14.0. The van der Waals surface area contributed by atoms with Crippen molar-refractivity contribution >= 4 is 28.8 Å². The quantitative estimate of drug-likeness (QED) is 0.626. The summed E-state index contributed by atoms with van der Waals surface area (Å²) in [6, 6.07) is 3.93. The summed E-state index contributed by atoms with van der Waals surface area (Å²) in [5, 5.41) is 8.18. The third-order valence-corrected chi connectivity index (χ3v) is 6.78. The molecule has 0 radical (unpaired) electrons. The average Bonchev–Trinajstić information content (AvgIpc) is 3.23. The summed E-state index contributed by atoms with van der Waals surface area (Å²) in [5.41, 5.74) is 10.0. The van der Waals surface area contributed by atoms with E-state index in [0.717, 1.165) is 49.0 Å². The molecule has 1 unspecified atom stereocenters. The molecular formula is C21H24ClN5OS. The Labute approximate surface area is 179 Å². The Balaban J connectivity index is 1.56. The Kier molecular flexibility index (Phi) is 5.99. The van der Waals surface area contributed by atoms with Gasteiger partial charge in [0.1, 0.15) is 0 Å². The summed E-state index contributed by atoms with van der Waals surface area (Å²) in [5.74, 6) is -0.0598. The summed E-state index contributed by atoms with van der Waals surface area (Å²) in [7, 11) is 0. The maximum atomic E-state index is 13.0. The standard InChI is InChI=1S/C21H24ClN5OS/c1-13-11-24-7-5-14(13)9-15(4-6-23)26-21(28)19-10-16-18(29-19)3-2-8-27-20(16)17(22)12-25-27/h5,7,10-12,15H,2-4,6,8-9,23H2,1H3,(H,26,28). The molecule has 0 saturated heterocycles. The lowest BCUT2D eigenvalue weighted by molar-refractivity contribution is 0.0939. The number of aromatic nitrogens is 3. The molecular weight excluding hydrogens is 406 g/mol. The maximum absolute atomic E-state index is 13.0. The Morgan fingerprint density at radius 3 is 3.10 bits per heavy atom. The number of nitrogens with zero attached hydrogens (tertiary/aromatic N) is 3. The minimum absolute atomic E-state index is 0.0235. The van der Waals surface area contributed by atoms with E-state index >= 15 is 0 Å². The SMILES string of the molecule is Cc1cnccc1CC(CCN)NC(=O)c1cc2c(s1)CCCn1ncc(Cl)c1-2. The van der Waals surface area contributed by atoms with Crippen molar-refractivity contribution in [3.63, 3.8) is 0 Å². The number of pyridine rings is 1. The minimum atomic E-state index is -0.0598. The van der Waals surface area contributed by atoms with E-state index in [-0.39, 0.29) is 11.9 Å². The lowest BCUT2D eigenvalue weighted by atomic mass is 10.0. The van der Waals surface area contributed by atoms with Crippen LogP contribution in [0.1, 0.15) is 38.5 Å². The number of halogens is 1. The van der Waals surface area contributed by atoms with Crippen molar-refractivity contribution in [2.45, 2.75) is 45.2 Å². The van der Waals surface area contributed by atoms with Crippen molar-refractivity contribution in [3.05, 3.63) is 56.6 Å². The second kappa shape index (κ2) is 8.65. The van der Waals surface area contributed by atoms with E-state index in [0.29, 0.717) is 16.4 Å². The highest BCUT2D eigenvalue weighted by Gasteiger charge is 2.24. The van der Waals surface area contributed by atoms with Gasteiger partial charge in [0, 0.05) is 35.4 Å². The molecule has 3 aromatic rings. The fraction of sp³-hybridized carbons (Fsp3) is 0.381. The Hall–Kier alpha value is -2.22. The number of aryl methyl sites for hydroxylation is 3. The first-order valence-corrected chi connectivity index (χ1v) is 11.0. The van der Waals surface area contributed by atoms with Crippen molar-refractivity contribution in [2.24, 2.45) is 5.73 Å². The third-order valence-electron chi connectivity index (χ3n) is 5.31. The van der Waals surface area contributed by atoms with E-state index in [9.17, 15) is 4.79 Å². The van der Waals surface area contributed by atoms with Crippen LogP contribution in [-0.4, -0.2) is 33.3 Å². The van der Waals surface area contributed by atoms with Gasteiger partial charge in [-0.1, -0.05) is 11.6 Å². The third kappa shape index (κ3) is 4.22. The molecule has 29 heavy (non-hydrogen) atoms. The molecule has 0 saturated carbocycles. The number of rotatable bonds is 6. The van der Waals surface area contributed by atoms with Gasteiger partial charge in [-0.25, -0.2) is 0 Å². The topological polar surface area (TPSA) is 85.8 Å². The van der Waals surface area contributed by atoms with Crippen LogP contribution in [0.2, 0.25) is 5.02 Å². The summed E-state index contributed by atoms with van der Waals surface area (Å²) in [4.78, 5) is 19.1. The molecule has 3 N–H and O–H groups in total. The van der Waals surface area contributed by atoms with Gasteiger partial charge >= 0.3 is 0 Å². The summed E-state index contributed by atoms with van der Waals surface area (Å²) in [6.45, 7) is 3.40. The fourth-order valence-electron chi connectivity index (χ4n) is 3.80. The van der Waals surface area contributed by atoms with Crippen LogP contribution in [0.15, 0.2) is 30.7 Å². The van der Waals surface area contributed by atoms with E-state index in [1.165, 1.54) is 10.4 Å². The molecule has 4 heterocycles. The van der Waals surface area contributed by atoms with Crippen LogP contribution in [-0.2, 0) is 19.4 Å². The first kappa shape index (κ1) is 20.1. The molecule has 0 bridgehead atoms. The molecule has 3 aromatic heterocycles. The number of hydrogen-bond acceptors (Lipinski definition) is 5. The molecule has 0 aromatic carbocycles. The number of nitrogens with one attached hydrogen (secondary N) is 1. The zero-order valence-corrected chi connectivity index (χ0v) is 17.9. The van der Waals surface area contributed by atoms with Crippen LogP contribution in [0.3, 0.4) is 0 Å². The van der Waals surface area contributed by atoms with Crippen LogP contribution >= 0.6 is 22.9 Å². The van der Waals surface area contributed by atoms with Gasteiger partial charge in [0.2, 0.25) is 0 Å². The van der Waals surface area contributed by atoms with Crippen LogP contribution in [0.25, 0.3) is 11.3 Å². The summed E-state index contributed by atoms with van der Waals surface area (Å²) in [6.07, 6.45) is 8.68. The molecule has 1 atom stereocenters. The highest BCUT2D eigenvalue weighted by atomic mass is 35.5. The number of nitrogens with two attached hydrogens (primary N) is 1. The van der Waals surface area contributed by atoms with Crippen LogP contribution in [0, 0.1) is 6.92 Å². The van der Waals surface area contributed by atoms with Gasteiger partial charge in [0.25, 0.3) is 5.91 Å². The second-order valence-corrected chi connectivity index (χ2v) is 8.91. The predicted octanol–water partition coefficient (Wildman–Crippen LogP) is 3.60. The number of carbonyl (C=O) groups excluding carboxylic acids is 1. The Bertz CT molecular complexity index is 1030. The molecule has 1 amide bonds. The van der Waals surface area contributed by atoms with E-state index in [1.807, 2.05) is 29.9 Å². The van der Waals surface area contributed by atoms with E-state index in [2.05, 4.69) is 15.4 Å². The van der Waals surface area contributed by atoms with Gasteiger partial charge in [-0.3, -0.25) is 14.5 Å². The Morgan fingerprint density at radius 2 is 2.31 bits per heavy atom. The van der Waals surface area contributed by atoms with Gasteiger partial charge in [-0.05, 0) is 62.4 Å². The highest BCUT2D eigenvalue weighted by molar-refractivity contribution is 7.14. The molecule has 8 heteroatoms. The van der Waals surface area contributed by atoms with Gasteiger partial charge in [0.05, 0.1) is 21.8 Å². The minimum Gasteiger partial charge on any atom is -0.348 e. The second-order valence-electron chi connectivity index (χ2n) is 7.37. The van der Waals surface area contributed by atoms with Crippen molar-refractivity contribution in [1.29, 1.82) is 0 Å². The average molecular weight is 430 g/mol. The number of hydrogen-bond donors (Lipinski definition) is 2. The summed E-state index contributed by atoms with van der Waals surface area (Å²) < 4.78 is 1.94. The van der Waals surface area contributed by atoms with E-state index in [1.54, 1.807) is 23.7 Å². The zero-order chi connectivity index (χ0) is 20.4. The molecule has 1 aliphatic heterocycles. The van der Waals surface area contributed by atoms with Crippen molar-refractivity contribution in [1.82, 2.24) is 20.1 Å². The molecule has 152 valence electrons. The summed E-state index contributed by atoms with van der Waals surface area (Å²) >= 11 is 7.93. The lowest BCUT2D eigenvalue weighted by Gasteiger charge is -2.18. The fourth-order valence-corrected chi connectivity index (χ4v) is 5.14. The zero-order valence-electron chi connectivity index (χ0n) is 16.3. The van der Waals surface area contributed by atoms with Gasteiger partial charge in [-0.2, -0.15) is 5.10 Å². The lowest BCUT2D eigenvalue weighted by Crippen LogP contribution is -2.37. The van der Waals surface area contributed by atoms with Crippen molar-refractivity contribution < 1.29 is 4.79 Å². The number of amides is 1. The van der Waals surface area contributed by atoms with Gasteiger partial charge in [-0.15, -0.1) is 11.3 Å². The molecule has 1 aliphatic rings. The highest BCUT2D eigenvalue weighted by Crippen LogP contribution is 2.38. The van der Waals surface area contributed by atoms with Gasteiger partial charge in [0.15, 0.2) is 0 Å². The maximum Gasteiger partial charge on any atom is 0.261 e. The Morgan fingerprint density at radius 1 is 1.45 bits per heavy atom. The van der Waals surface area contributed by atoms with Crippen molar-refractivity contribution in [2.75, 3.05) is 6.54 Å². The molecule has 0 spiro atoms. The predicted molar refractivity (Wildman–Crippen MR) is 116 cm³/mol. The van der Waals surface area contributed by atoms with E-state index < -0.39 is 0 Å². The number of fused-ring (bicyclic) bond motifs is 3. The number of carbonyl (C=O) groups is 1. The molecule has 6 nitrogen and oxygen atoms in total. The molecule has 0 aliphatic carbocycles. The van der Waals surface area contributed by atoms with Crippen LogP contribution < -0.4 is 11.1 Å². The monoisotopic (exact) mass is 429 g/mol. The van der Waals surface area contributed by atoms with Crippen LogP contribution in [0.4, 0.5) is 0 Å². The van der Waals surface area contributed by atoms with Crippen molar-refractivity contribution in [3.8, 4) is 11.3 Å². The largest absolute Gasteiger partial charge is 0.348 e. The first-order valence-electron chi connectivity index (χ1n) is 9.81. The number of thiophene rings is 1. The van der Waals surface area contributed by atoms with Gasteiger partial charge < -0.3 is 11.1 Å². The molecule has 0 fully saturated rings. The first-order chi connectivity index (χ1) is 14.1.